The molecule has 23 heavy (non-hydrogen) atoms. The van der Waals surface area contributed by atoms with Crippen LogP contribution < -0.4 is 7.45 Å². The molecule has 2 aromatic rings. The average Bonchev–Trinajstić information content (AvgIpc) is 2.47. The van der Waals surface area contributed by atoms with E-state index >= 15 is 0 Å². The van der Waals surface area contributed by atoms with Crippen LogP contribution in [0.15, 0.2) is 48.5 Å². The van der Waals surface area contributed by atoms with Gasteiger partial charge in [-0.1, -0.05) is 0 Å². The van der Waals surface area contributed by atoms with Crippen LogP contribution in [-0.2, 0) is 3.74 Å². The molecular weight excluding hydrogens is 375 g/mol. The normalized spacial score (nSPS) is 10.8. The molecule has 10 nitrogen and oxygen atoms in total. The Balaban J connectivity index is 2.07. The Morgan fingerprint density at radius 2 is 1.09 bits per heavy atom. The second kappa shape index (κ2) is 6.51. The molecule has 0 saturated heterocycles. The first-order valence-corrected chi connectivity index (χ1v) is 9.11. The number of nitrogens with zero attached hydrogens (tertiary/aromatic N) is 2. The Morgan fingerprint density at radius 1 is 0.783 bits per heavy atom. The summed E-state index contributed by atoms with van der Waals surface area (Å²) in [6.45, 7) is 0. The van der Waals surface area contributed by atoms with Crippen molar-refractivity contribution in [2.24, 2.45) is 0 Å². The Hall–Kier alpha value is -2.84. The Morgan fingerprint density at radius 3 is 1.35 bits per heavy atom. The summed E-state index contributed by atoms with van der Waals surface area (Å²) >= 11 is -5.23. The third-order valence-corrected chi connectivity index (χ3v) is 4.39. The standard InChI is InChI=1S/C12H9AsN2O8/c16-13(17,22-11-5-1-9(2-6-11)14(18)19)23-12-7-3-10(4-8-12)15(20)21/h1-8H,(H,16,17). The predicted octanol–water partition coefficient (Wildman–Crippen LogP) is 1.82. The summed E-state index contributed by atoms with van der Waals surface area (Å²) in [4.78, 5) is 19.8. The van der Waals surface area contributed by atoms with Gasteiger partial charge < -0.3 is 0 Å². The molecule has 0 radical (unpaired) electrons. The van der Waals surface area contributed by atoms with E-state index in [0.29, 0.717) is 0 Å². The summed E-state index contributed by atoms with van der Waals surface area (Å²) in [7, 11) is 0. The third-order valence-electron chi connectivity index (χ3n) is 2.54. The molecule has 0 saturated carbocycles. The van der Waals surface area contributed by atoms with Gasteiger partial charge in [0.05, 0.1) is 0 Å². The van der Waals surface area contributed by atoms with Crippen LogP contribution in [0, 0.1) is 20.2 Å². The molecule has 0 aliphatic carbocycles. The van der Waals surface area contributed by atoms with Gasteiger partial charge in [-0.15, -0.1) is 0 Å². The fourth-order valence-corrected chi connectivity index (χ4v) is 3.25. The minimum atomic E-state index is -5.23. The number of non-ortho nitro benzene ring substituents is 2. The molecule has 0 atom stereocenters. The summed E-state index contributed by atoms with van der Waals surface area (Å²) in [5.41, 5.74) is -0.401. The van der Waals surface area contributed by atoms with Gasteiger partial charge in [-0.25, -0.2) is 0 Å². The fourth-order valence-electron chi connectivity index (χ4n) is 1.54. The summed E-state index contributed by atoms with van der Waals surface area (Å²) in [5, 5.41) is 21.0. The van der Waals surface area contributed by atoms with Crippen LogP contribution in [0.3, 0.4) is 0 Å². The molecule has 0 amide bonds. The fraction of sp³-hybridized carbons (Fsp3) is 0. The second-order valence-electron chi connectivity index (χ2n) is 4.15. The van der Waals surface area contributed by atoms with Gasteiger partial charge in [-0.05, 0) is 0 Å². The predicted molar refractivity (Wildman–Crippen MR) is 76.1 cm³/mol. The van der Waals surface area contributed by atoms with Crippen molar-refractivity contribution < 1.29 is 25.1 Å². The number of nitro groups is 2. The van der Waals surface area contributed by atoms with E-state index in [4.69, 9.17) is 7.45 Å². The molecule has 0 heterocycles. The first-order chi connectivity index (χ1) is 10.8. The molecule has 0 aliphatic heterocycles. The quantitative estimate of drug-likeness (QED) is 0.451. The van der Waals surface area contributed by atoms with Gasteiger partial charge in [0.15, 0.2) is 0 Å². The van der Waals surface area contributed by atoms with Gasteiger partial charge in [0.25, 0.3) is 0 Å². The molecule has 1 N–H and O–H groups in total. The van der Waals surface area contributed by atoms with E-state index in [1.165, 1.54) is 0 Å². The van der Waals surface area contributed by atoms with Crippen molar-refractivity contribution in [3.05, 3.63) is 68.8 Å². The van der Waals surface area contributed by atoms with Crippen LogP contribution in [0.1, 0.15) is 0 Å². The average molecular weight is 384 g/mol. The SMILES string of the molecule is O=[N+]([O-])c1ccc(O[As](=O)(O)Oc2ccc([N+](=O)[O-])cc2)cc1. The zero-order chi connectivity index (χ0) is 17.0. The van der Waals surface area contributed by atoms with Crippen LogP contribution >= 0.6 is 0 Å². The first-order valence-electron chi connectivity index (χ1n) is 5.98. The van der Waals surface area contributed by atoms with Crippen LogP contribution in [-0.4, -0.2) is 28.5 Å². The van der Waals surface area contributed by atoms with Crippen molar-refractivity contribution in [2.45, 2.75) is 0 Å². The molecule has 0 aliphatic rings. The number of hydrogen-bond donors (Lipinski definition) is 1. The molecular formula is C12H9AsN2O8. The van der Waals surface area contributed by atoms with Crippen LogP contribution in [0.25, 0.3) is 0 Å². The van der Waals surface area contributed by atoms with Crippen LogP contribution in [0.5, 0.6) is 11.5 Å². The van der Waals surface area contributed by atoms with Crippen LogP contribution in [0.4, 0.5) is 11.4 Å². The van der Waals surface area contributed by atoms with Crippen molar-refractivity contribution in [3.8, 4) is 11.5 Å². The Bertz CT molecular complexity index is 711. The van der Waals surface area contributed by atoms with E-state index in [-0.39, 0.29) is 22.9 Å². The topological polar surface area (TPSA) is 142 Å². The number of benzene rings is 2. The van der Waals surface area contributed by atoms with Crippen molar-refractivity contribution in [3.63, 3.8) is 0 Å². The van der Waals surface area contributed by atoms with Gasteiger partial charge in [-0.3, -0.25) is 0 Å². The zero-order valence-electron chi connectivity index (χ0n) is 11.3. The first kappa shape index (κ1) is 16.5. The molecule has 2 aromatic carbocycles. The van der Waals surface area contributed by atoms with Crippen LogP contribution in [0.2, 0.25) is 0 Å². The van der Waals surface area contributed by atoms with Gasteiger partial charge in [0.2, 0.25) is 0 Å². The molecule has 0 bridgehead atoms. The van der Waals surface area contributed by atoms with Gasteiger partial charge in [0.1, 0.15) is 0 Å². The van der Waals surface area contributed by atoms with Gasteiger partial charge in [0, 0.05) is 0 Å². The maximum absolute atomic E-state index is 11.9. The Labute approximate surface area is 131 Å². The van der Waals surface area contributed by atoms with Crippen molar-refractivity contribution >= 4 is 25.9 Å². The van der Waals surface area contributed by atoms with E-state index < -0.39 is 24.4 Å². The number of rotatable bonds is 6. The molecule has 0 aromatic heterocycles. The molecule has 120 valence electrons. The van der Waals surface area contributed by atoms with Gasteiger partial charge in [-0.2, -0.15) is 0 Å². The molecule has 11 heteroatoms. The van der Waals surface area contributed by atoms with Crippen molar-refractivity contribution in [2.75, 3.05) is 0 Å². The number of hydrogen-bond acceptors (Lipinski definition) is 7. The van der Waals surface area contributed by atoms with E-state index in [1.54, 1.807) is 0 Å². The van der Waals surface area contributed by atoms with Crippen molar-refractivity contribution in [1.82, 2.24) is 0 Å². The minimum absolute atomic E-state index is 0.0810. The van der Waals surface area contributed by atoms with E-state index in [2.05, 4.69) is 0 Å². The number of nitro benzene ring substituents is 2. The van der Waals surface area contributed by atoms with E-state index in [9.17, 15) is 28.1 Å². The summed E-state index contributed by atoms with van der Waals surface area (Å²) < 4.78 is 31.2. The van der Waals surface area contributed by atoms with Crippen molar-refractivity contribution in [1.29, 1.82) is 0 Å². The molecule has 0 fully saturated rings. The summed E-state index contributed by atoms with van der Waals surface area (Å²) in [6, 6.07) is 9.05. The summed E-state index contributed by atoms with van der Waals surface area (Å²) in [6.07, 6.45) is 0. The second-order valence-corrected chi connectivity index (χ2v) is 6.89. The molecule has 0 spiro atoms. The zero-order valence-corrected chi connectivity index (χ0v) is 13.1. The molecule has 2 rings (SSSR count). The van der Waals surface area contributed by atoms with E-state index in [0.717, 1.165) is 48.5 Å². The molecule has 0 unspecified atom stereocenters. The monoisotopic (exact) mass is 384 g/mol. The third kappa shape index (κ3) is 4.56. The van der Waals surface area contributed by atoms with E-state index in [1.807, 2.05) is 0 Å². The van der Waals surface area contributed by atoms with Gasteiger partial charge >= 0.3 is 131 Å². The summed E-state index contributed by atoms with van der Waals surface area (Å²) in [5.74, 6) is -0.162. The maximum atomic E-state index is 11.9. The Kier molecular flexibility index (Phi) is 4.68.